The molecule has 136 valence electrons. The Labute approximate surface area is 154 Å². The second-order valence-electron chi connectivity index (χ2n) is 7.09. The van der Waals surface area contributed by atoms with Crippen LogP contribution in [0.5, 0.6) is 11.5 Å². The van der Waals surface area contributed by atoms with Gasteiger partial charge in [-0.3, -0.25) is 4.79 Å². The fraction of sp³-hybridized carbons (Fsp3) is 0.409. The fourth-order valence-electron chi connectivity index (χ4n) is 3.63. The molecule has 4 rings (SSSR count). The van der Waals surface area contributed by atoms with E-state index in [1.165, 1.54) is 12.0 Å². The van der Waals surface area contributed by atoms with Crippen molar-refractivity contribution in [1.82, 2.24) is 4.90 Å². The van der Waals surface area contributed by atoms with E-state index in [-0.39, 0.29) is 12.0 Å². The number of likely N-dealkylation sites (tertiary alicyclic amines) is 1. The van der Waals surface area contributed by atoms with Gasteiger partial charge in [0.1, 0.15) is 12.7 Å². The molecule has 1 atom stereocenters. The van der Waals surface area contributed by atoms with Crippen molar-refractivity contribution in [2.45, 2.75) is 38.2 Å². The van der Waals surface area contributed by atoms with Crippen LogP contribution in [-0.2, 0) is 6.42 Å². The summed E-state index contributed by atoms with van der Waals surface area (Å²) in [7, 11) is 0. The summed E-state index contributed by atoms with van der Waals surface area (Å²) in [5.41, 5.74) is 2.02. The Bertz CT molecular complexity index is 750. The SMILES string of the molecule is O=C(c1ccc(CC[C@H]2COc3ccccc3O2)cc1)N1CCCCC1. The van der Waals surface area contributed by atoms with Crippen molar-refractivity contribution in [3.8, 4) is 11.5 Å². The van der Waals surface area contributed by atoms with Crippen molar-refractivity contribution < 1.29 is 14.3 Å². The molecule has 2 aliphatic rings. The minimum absolute atomic E-state index is 0.0690. The third-order valence-electron chi connectivity index (χ3n) is 5.17. The lowest BCUT2D eigenvalue weighted by Gasteiger charge is -2.27. The van der Waals surface area contributed by atoms with Crippen LogP contribution >= 0.6 is 0 Å². The first-order valence-electron chi connectivity index (χ1n) is 9.56. The predicted octanol–water partition coefficient (Wildman–Crippen LogP) is 4.09. The molecule has 0 radical (unpaired) electrons. The first kappa shape index (κ1) is 17.0. The van der Waals surface area contributed by atoms with E-state index in [0.717, 1.165) is 55.8 Å². The van der Waals surface area contributed by atoms with Crippen molar-refractivity contribution in [2.75, 3.05) is 19.7 Å². The number of piperidine rings is 1. The highest BCUT2D eigenvalue weighted by Crippen LogP contribution is 2.31. The largest absolute Gasteiger partial charge is 0.486 e. The molecule has 0 bridgehead atoms. The van der Waals surface area contributed by atoms with E-state index in [9.17, 15) is 4.79 Å². The molecule has 0 aromatic heterocycles. The van der Waals surface area contributed by atoms with Gasteiger partial charge in [0.25, 0.3) is 5.91 Å². The van der Waals surface area contributed by atoms with E-state index >= 15 is 0 Å². The van der Waals surface area contributed by atoms with E-state index in [1.807, 2.05) is 41.3 Å². The summed E-state index contributed by atoms with van der Waals surface area (Å²) >= 11 is 0. The average molecular weight is 351 g/mol. The van der Waals surface area contributed by atoms with Gasteiger partial charge in [-0.25, -0.2) is 0 Å². The Morgan fingerprint density at radius 3 is 2.46 bits per heavy atom. The van der Waals surface area contributed by atoms with E-state index in [2.05, 4.69) is 12.1 Å². The summed E-state index contributed by atoms with van der Waals surface area (Å²) in [4.78, 5) is 14.5. The molecule has 4 nitrogen and oxygen atoms in total. The molecule has 1 saturated heterocycles. The number of hydrogen-bond donors (Lipinski definition) is 0. The Morgan fingerprint density at radius 2 is 1.69 bits per heavy atom. The van der Waals surface area contributed by atoms with Gasteiger partial charge in [0.2, 0.25) is 0 Å². The van der Waals surface area contributed by atoms with Crippen LogP contribution in [0.2, 0.25) is 0 Å². The number of amides is 1. The zero-order valence-electron chi connectivity index (χ0n) is 15.0. The molecule has 1 amide bonds. The number of hydrogen-bond acceptors (Lipinski definition) is 3. The zero-order chi connectivity index (χ0) is 17.8. The Hall–Kier alpha value is -2.49. The average Bonchev–Trinajstić information content (AvgIpc) is 2.72. The molecule has 1 fully saturated rings. The van der Waals surface area contributed by atoms with Gasteiger partial charge in [0.15, 0.2) is 11.5 Å². The molecule has 0 spiro atoms. The van der Waals surface area contributed by atoms with E-state index in [1.54, 1.807) is 0 Å². The number of para-hydroxylation sites is 2. The molecule has 0 saturated carbocycles. The fourth-order valence-corrected chi connectivity index (χ4v) is 3.63. The number of carbonyl (C=O) groups excluding carboxylic acids is 1. The second-order valence-corrected chi connectivity index (χ2v) is 7.09. The van der Waals surface area contributed by atoms with Crippen LogP contribution in [-0.4, -0.2) is 36.6 Å². The third kappa shape index (κ3) is 3.85. The number of ether oxygens (including phenoxy) is 2. The highest BCUT2D eigenvalue weighted by atomic mass is 16.6. The number of benzene rings is 2. The van der Waals surface area contributed by atoms with Crippen molar-refractivity contribution in [2.24, 2.45) is 0 Å². The standard InChI is InChI=1S/C22H25NO3/c24-22(23-14-4-1-5-15-23)18-11-8-17(9-12-18)10-13-19-16-25-20-6-2-3-7-21(20)26-19/h2-3,6-9,11-12,19H,1,4-5,10,13-16H2/t19-/m0/s1. The lowest BCUT2D eigenvalue weighted by atomic mass is 10.0. The molecule has 2 aliphatic heterocycles. The monoisotopic (exact) mass is 351 g/mol. The molecule has 0 N–H and O–H groups in total. The van der Waals surface area contributed by atoms with Gasteiger partial charge in [0.05, 0.1) is 0 Å². The molecular formula is C22H25NO3. The summed E-state index contributed by atoms with van der Waals surface area (Å²) in [5.74, 6) is 1.81. The minimum atomic E-state index is 0.0690. The number of rotatable bonds is 4. The topological polar surface area (TPSA) is 38.8 Å². The van der Waals surface area contributed by atoms with Crippen molar-refractivity contribution in [1.29, 1.82) is 0 Å². The smallest absolute Gasteiger partial charge is 0.253 e. The zero-order valence-corrected chi connectivity index (χ0v) is 15.0. The van der Waals surface area contributed by atoms with Gasteiger partial charge >= 0.3 is 0 Å². The molecular weight excluding hydrogens is 326 g/mol. The first-order valence-corrected chi connectivity index (χ1v) is 9.56. The van der Waals surface area contributed by atoms with Crippen LogP contribution in [0, 0.1) is 0 Å². The number of fused-ring (bicyclic) bond motifs is 1. The highest BCUT2D eigenvalue weighted by molar-refractivity contribution is 5.94. The molecule has 26 heavy (non-hydrogen) atoms. The minimum Gasteiger partial charge on any atom is -0.486 e. The van der Waals surface area contributed by atoms with Crippen LogP contribution in [0.3, 0.4) is 0 Å². The Balaban J connectivity index is 1.31. The quantitative estimate of drug-likeness (QED) is 0.833. The van der Waals surface area contributed by atoms with Gasteiger partial charge in [-0.15, -0.1) is 0 Å². The Morgan fingerprint density at radius 1 is 0.962 bits per heavy atom. The molecule has 2 aromatic rings. The summed E-state index contributed by atoms with van der Waals surface area (Å²) < 4.78 is 11.8. The van der Waals surface area contributed by atoms with Gasteiger partial charge in [-0.05, 0) is 61.9 Å². The van der Waals surface area contributed by atoms with Crippen molar-refractivity contribution in [3.05, 3.63) is 59.7 Å². The van der Waals surface area contributed by atoms with Crippen molar-refractivity contribution >= 4 is 5.91 Å². The third-order valence-corrected chi connectivity index (χ3v) is 5.17. The summed E-state index contributed by atoms with van der Waals surface area (Å²) in [5, 5.41) is 0. The van der Waals surface area contributed by atoms with Crippen LogP contribution in [0.25, 0.3) is 0 Å². The second kappa shape index (κ2) is 7.81. The van der Waals surface area contributed by atoms with Gasteiger partial charge in [-0.2, -0.15) is 0 Å². The van der Waals surface area contributed by atoms with Crippen LogP contribution in [0.4, 0.5) is 0 Å². The van der Waals surface area contributed by atoms with E-state index in [4.69, 9.17) is 9.47 Å². The van der Waals surface area contributed by atoms with Crippen LogP contribution in [0.15, 0.2) is 48.5 Å². The molecule has 0 aliphatic carbocycles. The van der Waals surface area contributed by atoms with Gasteiger partial charge < -0.3 is 14.4 Å². The number of aryl methyl sites for hydroxylation is 1. The lowest BCUT2D eigenvalue weighted by molar-refractivity contribution is 0.0724. The molecule has 0 unspecified atom stereocenters. The summed E-state index contributed by atoms with van der Waals surface area (Å²) in [6.45, 7) is 2.37. The maximum Gasteiger partial charge on any atom is 0.253 e. The maximum absolute atomic E-state index is 12.5. The number of nitrogens with zero attached hydrogens (tertiary/aromatic N) is 1. The molecule has 2 aromatic carbocycles. The number of carbonyl (C=O) groups is 1. The molecule has 2 heterocycles. The van der Waals surface area contributed by atoms with Crippen LogP contribution in [0.1, 0.15) is 41.6 Å². The van der Waals surface area contributed by atoms with E-state index in [0.29, 0.717) is 6.61 Å². The lowest BCUT2D eigenvalue weighted by Crippen LogP contribution is -2.35. The van der Waals surface area contributed by atoms with E-state index < -0.39 is 0 Å². The first-order chi connectivity index (χ1) is 12.8. The Kier molecular flexibility index (Phi) is 5.09. The van der Waals surface area contributed by atoms with Gasteiger partial charge in [-0.1, -0.05) is 24.3 Å². The maximum atomic E-state index is 12.5. The van der Waals surface area contributed by atoms with Crippen molar-refractivity contribution in [3.63, 3.8) is 0 Å². The van der Waals surface area contributed by atoms with Crippen LogP contribution < -0.4 is 9.47 Å². The summed E-state index contributed by atoms with van der Waals surface area (Å²) in [6.07, 6.45) is 5.36. The molecule has 4 heteroatoms. The summed E-state index contributed by atoms with van der Waals surface area (Å²) in [6, 6.07) is 15.8. The predicted molar refractivity (Wildman–Crippen MR) is 101 cm³/mol. The highest BCUT2D eigenvalue weighted by Gasteiger charge is 2.21. The van der Waals surface area contributed by atoms with Gasteiger partial charge in [0, 0.05) is 18.7 Å². The normalized spacial score (nSPS) is 19.2.